The van der Waals surface area contributed by atoms with Crippen molar-refractivity contribution in [3.8, 4) is 0 Å². The lowest BCUT2D eigenvalue weighted by Crippen LogP contribution is -1.89. The topological polar surface area (TPSA) is 38.0 Å². The Morgan fingerprint density at radius 1 is 1.89 bits per heavy atom. The molecule has 0 aliphatic carbocycles. The molecule has 0 unspecified atom stereocenters. The molecule has 0 atom stereocenters. The van der Waals surface area contributed by atoms with Crippen LogP contribution in [-0.2, 0) is 13.7 Å². The number of aryl methyl sites for hydroxylation is 1. The standard InChI is InChI=1S/C5H7ClN2O/c1-8-5(6)4(3-9)2-7-8/h2,9H,3H2,1H3. The normalized spacial score (nSPS) is 10.1. The van der Waals surface area contributed by atoms with Crippen LogP contribution >= 0.6 is 11.6 Å². The first kappa shape index (κ1) is 6.58. The molecule has 0 saturated carbocycles. The van der Waals surface area contributed by atoms with E-state index in [1.54, 1.807) is 13.2 Å². The van der Waals surface area contributed by atoms with E-state index >= 15 is 0 Å². The minimum absolute atomic E-state index is 0.0489. The molecule has 0 bridgehead atoms. The van der Waals surface area contributed by atoms with Crippen LogP contribution in [0.2, 0.25) is 5.15 Å². The maximum Gasteiger partial charge on any atom is 0.132 e. The Hall–Kier alpha value is -0.540. The minimum atomic E-state index is -0.0489. The van der Waals surface area contributed by atoms with Crippen LogP contribution in [0, 0.1) is 0 Å². The van der Waals surface area contributed by atoms with E-state index in [9.17, 15) is 0 Å². The minimum Gasteiger partial charge on any atom is -0.392 e. The molecule has 0 radical (unpaired) electrons. The van der Waals surface area contributed by atoms with Crippen molar-refractivity contribution in [1.29, 1.82) is 0 Å². The molecule has 50 valence electrons. The molecule has 0 aliphatic heterocycles. The zero-order valence-corrected chi connectivity index (χ0v) is 5.76. The van der Waals surface area contributed by atoms with E-state index in [1.165, 1.54) is 4.68 Å². The molecule has 0 amide bonds. The molecule has 1 aromatic rings. The van der Waals surface area contributed by atoms with E-state index in [0.29, 0.717) is 10.7 Å². The predicted octanol–water partition coefficient (Wildman–Crippen LogP) is 0.566. The van der Waals surface area contributed by atoms with Crippen molar-refractivity contribution < 1.29 is 5.11 Å². The third-order valence-corrected chi connectivity index (χ3v) is 1.59. The lowest BCUT2D eigenvalue weighted by molar-refractivity contribution is 0.282. The molecule has 1 heterocycles. The molecule has 0 saturated heterocycles. The molecule has 0 spiro atoms. The van der Waals surface area contributed by atoms with E-state index in [2.05, 4.69) is 5.10 Å². The summed E-state index contributed by atoms with van der Waals surface area (Å²) in [6.45, 7) is -0.0489. The molecular formula is C5H7ClN2O. The summed E-state index contributed by atoms with van der Waals surface area (Å²) in [6, 6.07) is 0. The summed E-state index contributed by atoms with van der Waals surface area (Å²) in [4.78, 5) is 0. The molecule has 1 aromatic heterocycles. The van der Waals surface area contributed by atoms with Gasteiger partial charge in [-0.05, 0) is 0 Å². The van der Waals surface area contributed by atoms with Crippen LogP contribution in [0.5, 0.6) is 0 Å². The van der Waals surface area contributed by atoms with E-state index in [4.69, 9.17) is 16.7 Å². The SMILES string of the molecule is Cn1ncc(CO)c1Cl. The summed E-state index contributed by atoms with van der Waals surface area (Å²) in [6.07, 6.45) is 1.54. The number of aliphatic hydroxyl groups excluding tert-OH is 1. The van der Waals surface area contributed by atoms with Gasteiger partial charge < -0.3 is 5.11 Å². The highest BCUT2D eigenvalue weighted by atomic mass is 35.5. The van der Waals surface area contributed by atoms with Gasteiger partial charge in [-0.1, -0.05) is 11.6 Å². The van der Waals surface area contributed by atoms with Crippen molar-refractivity contribution in [2.24, 2.45) is 7.05 Å². The summed E-state index contributed by atoms with van der Waals surface area (Å²) in [5.41, 5.74) is 0.666. The van der Waals surface area contributed by atoms with Crippen molar-refractivity contribution in [1.82, 2.24) is 9.78 Å². The summed E-state index contributed by atoms with van der Waals surface area (Å²) in [7, 11) is 1.72. The second kappa shape index (κ2) is 2.37. The average molecular weight is 147 g/mol. The van der Waals surface area contributed by atoms with Gasteiger partial charge in [0.1, 0.15) is 5.15 Å². The molecule has 1 N–H and O–H groups in total. The number of halogens is 1. The van der Waals surface area contributed by atoms with Crippen LogP contribution < -0.4 is 0 Å². The number of rotatable bonds is 1. The smallest absolute Gasteiger partial charge is 0.132 e. The van der Waals surface area contributed by atoms with Gasteiger partial charge in [-0.15, -0.1) is 0 Å². The molecule has 4 heteroatoms. The van der Waals surface area contributed by atoms with Gasteiger partial charge in [0, 0.05) is 12.6 Å². The van der Waals surface area contributed by atoms with Gasteiger partial charge in [-0.3, -0.25) is 4.68 Å². The van der Waals surface area contributed by atoms with E-state index in [0.717, 1.165) is 0 Å². The molecule has 0 fully saturated rings. The zero-order valence-electron chi connectivity index (χ0n) is 5.00. The quantitative estimate of drug-likeness (QED) is 0.629. The highest BCUT2D eigenvalue weighted by Gasteiger charge is 2.01. The Bertz CT molecular complexity index is 209. The monoisotopic (exact) mass is 146 g/mol. The van der Waals surface area contributed by atoms with Gasteiger partial charge in [0.05, 0.1) is 12.8 Å². The number of hydrogen-bond acceptors (Lipinski definition) is 2. The first-order chi connectivity index (χ1) is 4.25. The Morgan fingerprint density at radius 3 is 2.78 bits per heavy atom. The number of nitrogens with zero attached hydrogens (tertiary/aromatic N) is 2. The molecule has 3 nitrogen and oxygen atoms in total. The molecule has 9 heavy (non-hydrogen) atoms. The fraction of sp³-hybridized carbons (Fsp3) is 0.400. The fourth-order valence-corrected chi connectivity index (χ4v) is 0.726. The zero-order chi connectivity index (χ0) is 6.85. The maximum absolute atomic E-state index is 8.59. The second-order valence-electron chi connectivity index (χ2n) is 1.74. The van der Waals surface area contributed by atoms with Gasteiger partial charge in [0.15, 0.2) is 0 Å². The fourth-order valence-electron chi connectivity index (χ4n) is 0.574. The number of aliphatic hydroxyl groups is 1. The molecule has 1 rings (SSSR count). The average Bonchev–Trinajstić information content (AvgIpc) is 2.15. The third-order valence-electron chi connectivity index (χ3n) is 1.11. The van der Waals surface area contributed by atoms with Crippen molar-refractivity contribution in [3.05, 3.63) is 16.9 Å². The van der Waals surface area contributed by atoms with E-state index < -0.39 is 0 Å². The van der Waals surface area contributed by atoms with Crippen molar-refractivity contribution >= 4 is 11.6 Å². The van der Waals surface area contributed by atoms with E-state index in [-0.39, 0.29) is 6.61 Å². The summed E-state index contributed by atoms with van der Waals surface area (Å²) < 4.78 is 1.51. The van der Waals surface area contributed by atoms with Crippen LogP contribution in [0.3, 0.4) is 0 Å². The first-order valence-corrected chi connectivity index (χ1v) is 2.90. The highest BCUT2D eigenvalue weighted by molar-refractivity contribution is 6.30. The lowest BCUT2D eigenvalue weighted by Gasteiger charge is -1.90. The first-order valence-electron chi connectivity index (χ1n) is 2.53. The van der Waals surface area contributed by atoms with Crippen LogP contribution in [0.1, 0.15) is 5.56 Å². The summed E-state index contributed by atoms with van der Waals surface area (Å²) in [5, 5.41) is 12.9. The van der Waals surface area contributed by atoms with Gasteiger partial charge in [0.2, 0.25) is 0 Å². The number of aromatic nitrogens is 2. The Labute approximate surface area is 57.9 Å². The predicted molar refractivity (Wildman–Crippen MR) is 34.1 cm³/mol. The largest absolute Gasteiger partial charge is 0.392 e. The van der Waals surface area contributed by atoms with Gasteiger partial charge in [-0.25, -0.2) is 0 Å². The van der Waals surface area contributed by atoms with Crippen LogP contribution in [-0.4, -0.2) is 14.9 Å². The van der Waals surface area contributed by atoms with Crippen LogP contribution in [0.4, 0.5) is 0 Å². The van der Waals surface area contributed by atoms with Crippen LogP contribution in [0.15, 0.2) is 6.20 Å². The summed E-state index contributed by atoms with van der Waals surface area (Å²) in [5.74, 6) is 0. The Balaban J connectivity index is 3.04. The molecular weight excluding hydrogens is 140 g/mol. The second-order valence-corrected chi connectivity index (χ2v) is 2.10. The van der Waals surface area contributed by atoms with Crippen molar-refractivity contribution in [2.75, 3.05) is 0 Å². The highest BCUT2D eigenvalue weighted by Crippen LogP contribution is 2.12. The number of hydrogen-bond donors (Lipinski definition) is 1. The third kappa shape index (κ3) is 1.06. The lowest BCUT2D eigenvalue weighted by atomic mass is 10.4. The molecule has 0 aromatic carbocycles. The Kier molecular flexibility index (Phi) is 1.73. The maximum atomic E-state index is 8.59. The van der Waals surface area contributed by atoms with Crippen molar-refractivity contribution in [2.45, 2.75) is 6.61 Å². The van der Waals surface area contributed by atoms with Gasteiger partial charge in [-0.2, -0.15) is 5.10 Å². The van der Waals surface area contributed by atoms with Gasteiger partial charge >= 0.3 is 0 Å². The summed E-state index contributed by atoms with van der Waals surface area (Å²) >= 11 is 5.65. The Morgan fingerprint density at radius 2 is 2.56 bits per heavy atom. The van der Waals surface area contributed by atoms with E-state index in [1.807, 2.05) is 0 Å². The van der Waals surface area contributed by atoms with Gasteiger partial charge in [0.25, 0.3) is 0 Å². The van der Waals surface area contributed by atoms with Crippen LogP contribution in [0.25, 0.3) is 0 Å². The molecule has 0 aliphatic rings. The van der Waals surface area contributed by atoms with Crippen molar-refractivity contribution in [3.63, 3.8) is 0 Å².